The normalized spacial score (nSPS) is 11.5. The third-order valence-corrected chi connectivity index (χ3v) is 1.53. The van der Waals surface area contributed by atoms with Crippen molar-refractivity contribution in [3.63, 3.8) is 0 Å². The first kappa shape index (κ1) is 20.9. The molecule has 0 saturated heterocycles. The molecule has 17 heavy (non-hydrogen) atoms. The molecule has 98 valence electrons. The SMILES string of the molecule is C=C\C=C(C=C)/C(=C\C)/C=C(\C)O.CC.CC. The molecule has 0 unspecified atom stereocenters. The Morgan fingerprint density at radius 3 is 1.71 bits per heavy atom. The van der Waals surface area contributed by atoms with Gasteiger partial charge in [0.05, 0.1) is 5.76 Å². The summed E-state index contributed by atoms with van der Waals surface area (Å²) in [5.41, 5.74) is 1.89. The van der Waals surface area contributed by atoms with E-state index < -0.39 is 0 Å². The highest BCUT2D eigenvalue weighted by Gasteiger charge is 1.96. The summed E-state index contributed by atoms with van der Waals surface area (Å²) in [4.78, 5) is 0. The van der Waals surface area contributed by atoms with E-state index in [4.69, 9.17) is 5.11 Å². The molecule has 1 heteroatoms. The van der Waals surface area contributed by atoms with Crippen molar-refractivity contribution >= 4 is 0 Å². The van der Waals surface area contributed by atoms with Crippen molar-refractivity contribution in [2.45, 2.75) is 41.5 Å². The van der Waals surface area contributed by atoms with E-state index in [1.165, 1.54) is 0 Å². The van der Waals surface area contributed by atoms with E-state index in [2.05, 4.69) is 13.2 Å². The minimum absolute atomic E-state index is 0.282. The van der Waals surface area contributed by atoms with Gasteiger partial charge in [0.25, 0.3) is 0 Å². The Morgan fingerprint density at radius 1 is 1.00 bits per heavy atom. The van der Waals surface area contributed by atoms with Gasteiger partial charge in [0, 0.05) is 0 Å². The summed E-state index contributed by atoms with van der Waals surface area (Å²) in [7, 11) is 0. The molecule has 0 aromatic carbocycles. The Labute approximate surface area is 108 Å². The lowest BCUT2D eigenvalue weighted by Gasteiger charge is -2.01. The molecular weight excluding hydrogens is 208 g/mol. The van der Waals surface area contributed by atoms with Gasteiger partial charge in [-0.3, -0.25) is 0 Å². The number of hydrogen-bond acceptors (Lipinski definition) is 1. The molecular formula is C16H28O. The first-order valence-corrected chi connectivity index (χ1v) is 6.14. The van der Waals surface area contributed by atoms with Gasteiger partial charge in [0.15, 0.2) is 0 Å². The standard InChI is InChI=1S/C12H16O.2C2H6/c1-5-8-11(6-2)12(7-3)9-10(4)13;2*1-2/h5-9,13H,1-2H2,3-4H3;2*1-2H3/b10-9+,11-8-,12-7-;;. The topological polar surface area (TPSA) is 20.2 Å². The molecule has 0 atom stereocenters. The monoisotopic (exact) mass is 236 g/mol. The number of rotatable bonds is 4. The van der Waals surface area contributed by atoms with Gasteiger partial charge < -0.3 is 5.11 Å². The fourth-order valence-electron chi connectivity index (χ4n) is 0.967. The number of aliphatic hydroxyl groups excluding tert-OH is 1. The van der Waals surface area contributed by atoms with Crippen LogP contribution in [0.1, 0.15) is 41.5 Å². The van der Waals surface area contributed by atoms with E-state index in [9.17, 15) is 0 Å². The van der Waals surface area contributed by atoms with Crippen LogP contribution in [0.2, 0.25) is 0 Å². The zero-order valence-electron chi connectivity index (χ0n) is 12.2. The zero-order chi connectivity index (χ0) is 14.3. The number of aliphatic hydroxyl groups is 1. The molecule has 0 aromatic rings. The maximum Gasteiger partial charge on any atom is 0.0897 e. The first-order valence-electron chi connectivity index (χ1n) is 6.14. The summed E-state index contributed by atoms with van der Waals surface area (Å²) in [5, 5.41) is 9.10. The molecule has 0 aromatic heterocycles. The minimum atomic E-state index is 0.282. The Bertz CT molecular complexity index is 274. The average Bonchev–Trinajstić information content (AvgIpc) is 2.38. The molecule has 1 N–H and O–H groups in total. The average molecular weight is 236 g/mol. The largest absolute Gasteiger partial charge is 0.513 e. The predicted molar refractivity (Wildman–Crippen MR) is 81.3 cm³/mol. The number of allylic oxidation sites excluding steroid dienone is 8. The van der Waals surface area contributed by atoms with Crippen LogP contribution in [0.5, 0.6) is 0 Å². The highest BCUT2D eigenvalue weighted by Crippen LogP contribution is 2.14. The van der Waals surface area contributed by atoms with Gasteiger partial charge >= 0.3 is 0 Å². The molecule has 0 bridgehead atoms. The molecule has 1 nitrogen and oxygen atoms in total. The molecule has 0 saturated carbocycles. The van der Waals surface area contributed by atoms with E-state index in [0.717, 1.165) is 11.1 Å². The third kappa shape index (κ3) is 12.4. The minimum Gasteiger partial charge on any atom is -0.513 e. The van der Waals surface area contributed by atoms with Crippen molar-refractivity contribution in [1.29, 1.82) is 0 Å². The molecule has 0 aliphatic heterocycles. The highest BCUT2D eigenvalue weighted by molar-refractivity contribution is 5.47. The van der Waals surface area contributed by atoms with Crippen LogP contribution in [0.15, 0.2) is 60.4 Å². The van der Waals surface area contributed by atoms with Gasteiger partial charge in [-0.2, -0.15) is 0 Å². The molecule has 0 spiro atoms. The second-order valence-corrected chi connectivity index (χ2v) is 2.59. The summed E-state index contributed by atoms with van der Waals surface area (Å²) in [6, 6.07) is 0. The number of hydrogen-bond donors (Lipinski definition) is 1. The lowest BCUT2D eigenvalue weighted by atomic mass is 10.0. The Kier molecular flexibility index (Phi) is 20.7. The van der Waals surface area contributed by atoms with E-state index in [1.54, 1.807) is 25.2 Å². The van der Waals surface area contributed by atoms with Crippen LogP contribution >= 0.6 is 0 Å². The molecule has 0 rings (SSSR count). The van der Waals surface area contributed by atoms with Crippen molar-refractivity contribution in [3.8, 4) is 0 Å². The van der Waals surface area contributed by atoms with Crippen LogP contribution in [0.25, 0.3) is 0 Å². The van der Waals surface area contributed by atoms with Gasteiger partial charge in [-0.25, -0.2) is 0 Å². The van der Waals surface area contributed by atoms with Gasteiger partial charge in [0.1, 0.15) is 0 Å². The van der Waals surface area contributed by atoms with E-state index in [0.29, 0.717) is 0 Å². The van der Waals surface area contributed by atoms with Gasteiger partial charge in [-0.15, -0.1) is 0 Å². The molecule has 0 aliphatic rings. The molecule has 0 aliphatic carbocycles. The summed E-state index contributed by atoms with van der Waals surface area (Å²) >= 11 is 0. The van der Waals surface area contributed by atoms with Crippen LogP contribution in [0.4, 0.5) is 0 Å². The van der Waals surface area contributed by atoms with Crippen LogP contribution in [-0.4, -0.2) is 5.11 Å². The molecule has 0 fully saturated rings. The van der Waals surface area contributed by atoms with E-state index in [-0.39, 0.29) is 5.76 Å². The Balaban J connectivity index is -0.000000439. The smallest absolute Gasteiger partial charge is 0.0897 e. The van der Waals surface area contributed by atoms with Crippen molar-refractivity contribution in [2.24, 2.45) is 0 Å². The first-order chi connectivity index (χ1) is 8.15. The highest BCUT2D eigenvalue weighted by atomic mass is 16.3. The maximum absolute atomic E-state index is 9.10. The van der Waals surface area contributed by atoms with Crippen LogP contribution < -0.4 is 0 Å². The van der Waals surface area contributed by atoms with Gasteiger partial charge in [-0.05, 0) is 31.1 Å². The van der Waals surface area contributed by atoms with Crippen molar-refractivity contribution < 1.29 is 5.11 Å². The van der Waals surface area contributed by atoms with Crippen LogP contribution in [0, 0.1) is 0 Å². The summed E-state index contributed by atoms with van der Waals surface area (Å²) in [5.74, 6) is 0.282. The molecule has 0 heterocycles. The third-order valence-electron chi connectivity index (χ3n) is 1.53. The van der Waals surface area contributed by atoms with Crippen LogP contribution in [0.3, 0.4) is 0 Å². The summed E-state index contributed by atoms with van der Waals surface area (Å²) in [6.45, 7) is 18.8. The Morgan fingerprint density at radius 2 is 1.47 bits per heavy atom. The molecule has 0 amide bonds. The second kappa shape index (κ2) is 16.9. The fourth-order valence-corrected chi connectivity index (χ4v) is 0.967. The second-order valence-electron chi connectivity index (χ2n) is 2.59. The lowest BCUT2D eigenvalue weighted by molar-refractivity contribution is 0.414. The maximum atomic E-state index is 9.10. The van der Waals surface area contributed by atoms with Crippen molar-refractivity contribution in [2.75, 3.05) is 0 Å². The van der Waals surface area contributed by atoms with E-state index >= 15 is 0 Å². The van der Waals surface area contributed by atoms with E-state index in [1.807, 2.05) is 46.8 Å². The van der Waals surface area contributed by atoms with Crippen molar-refractivity contribution in [3.05, 3.63) is 60.4 Å². The van der Waals surface area contributed by atoms with Gasteiger partial charge in [0.2, 0.25) is 0 Å². The Hall–Kier alpha value is -1.50. The van der Waals surface area contributed by atoms with Gasteiger partial charge in [-0.1, -0.05) is 65.2 Å². The van der Waals surface area contributed by atoms with Crippen LogP contribution in [-0.2, 0) is 0 Å². The summed E-state index contributed by atoms with van der Waals surface area (Å²) < 4.78 is 0. The fraction of sp³-hybridized carbons (Fsp3) is 0.375. The quantitative estimate of drug-likeness (QED) is 0.487. The van der Waals surface area contributed by atoms with Crippen molar-refractivity contribution in [1.82, 2.24) is 0 Å². The summed E-state index contributed by atoms with van der Waals surface area (Å²) in [6.07, 6.45) is 8.88. The molecule has 0 radical (unpaired) electrons. The lowest BCUT2D eigenvalue weighted by Crippen LogP contribution is -1.84. The zero-order valence-corrected chi connectivity index (χ0v) is 12.2. The predicted octanol–water partition coefficient (Wildman–Crippen LogP) is 5.75.